The molecule has 3 nitrogen and oxygen atoms in total. The number of fused-ring (bicyclic) bond motifs is 1. The quantitative estimate of drug-likeness (QED) is 0.887. The predicted octanol–water partition coefficient (Wildman–Crippen LogP) is 3.05. The van der Waals surface area contributed by atoms with E-state index in [2.05, 4.69) is 11.4 Å². The van der Waals surface area contributed by atoms with Crippen LogP contribution in [0.15, 0.2) is 12.1 Å². The summed E-state index contributed by atoms with van der Waals surface area (Å²) in [6, 6.07) is 4.15. The highest BCUT2D eigenvalue weighted by atomic mass is 16.5. The first-order chi connectivity index (χ1) is 9.26. The number of nitrogens with one attached hydrogen (secondary N) is 1. The van der Waals surface area contributed by atoms with Crippen molar-refractivity contribution in [3.05, 3.63) is 23.3 Å². The molecular formula is C16H23NO2. The predicted molar refractivity (Wildman–Crippen MR) is 75.9 cm³/mol. The molecule has 0 bridgehead atoms. The van der Waals surface area contributed by atoms with Crippen LogP contribution in [0.1, 0.15) is 43.2 Å². The van der Waals surface area contributed by atoms with Crippen molar-refractivity contribution in [1.29, 1.82) is 0 Å². The minimum Gasteiger partial charge on any atom is -0.497 e. The van der Waals surface area contributed by atoms with Crippen LogP contribution in [0.2, 0.25) is 0 Å². The van der Waals surface area contributed by atoms with Crippen LogP contribution in [-0.4, -0.2) is 19.8 Å². The van der Waals surface area contributed by atoms with Crippen molar-refractivity contribution in [3.63, 3.8) is 0 Å². The fraction of sp³-hybridized carbons (Fsp3) is 0.625. The second-order valence-corrected chi connectivity index (χ2v) is 5.84. The van der Waals surface area contributed by atoms with Crippen molar-refractivity contribution in [2.75, 3.05) is 14.2 Å². The van der Waals surface area contributed by atoms with E-state index in [0.717, 1.165) is 24.5 Å². The van der Waals surface area contributed by atoms with Gasteiger partial charge >= 0.3 is 0 Å². The van der Waals surface area contributed by atoms with Crippen molar-refractivity contribution in [3.8, 4) is 11.5 Å². The smallest absolute Gasteiger partial charge is 0.126 e. The third kappa shape index (κ3) is 2.32. The van der Waals surface area contributed by atoms with Crippen LogP contribution in [-0.2, 0) is 13.0 Å². The van der Waals surface area contributed by atoms with Gasteiger partial charge in [0, 0.05) is 23.7 Å². The minimum atomic E-state index is 0.313. The normalized spacial score (nSPS) is 20.9. The number of benzene rings is 1. The molecule has 1 saturated carbocycles. The first-order valence-corrected chi connectivity index (χ1v) is 7.25. The van der Waals surface area contributed by atoms with Gasteiger partial charge in [0.25, 0.3) is 0 Å². The molecule has 3 heteroatoms. The van der Waals surface area contributed by atoms with E-state index < -0.39 is 0 Å². The molecule has 1 aliphatic heterocycles. The molecule has 1 aliphatic carbocycles. The summed E-state index contributed by atoms with van der Waals surface area (Å²) < 4.78 is 10.9. The van der Waals surface area contributed by atoms with Crippen molar-refractivity contribution in [1.82, 2.24) is 5.32 Å². The Morgan fingerprint density at radius 3 is 2.53 bits per heavy atom. The van der Waals surface area contributed by atoms with Crippen LogP contribution in [0.5, 0.6) is 11.5 Å². The molecule has 0 amide bonds. The van der Waals surface area contributed by atoms with Gasteiger partial charge in [-0.2, -0.15) is 0 Å². The van der Waals surface area contributed by atoms with Crippen molar-refractivity contribution in [2.24, 2.45) is 0 Å². The van der Waals surface area contributed by atoms with E-state index >= 15 is 0 Å². The van der Waals surface area contributed by atoms with Crippen LogP contribution in [0.3, 0.4) is 0 Å². The minimum absolute atomic E-state index is 0.313. The molecule has 2 aliphatic rings. The number of hydrogen-bond acceptors (Lipinski definition) is 3. The summed E-state index contributed by atoms with van der Waals surface area (Å²) in [7, 11) is 3.46. The van der Waals surface area contributed by atoms with Gasteiger partial charge in [-0.25, -0.2) is 0 Å². The van der Waals surface area contributed by atoms with E-state index in [1.807, 2.05) is 6.07 Å². The molecule has 1 N–H and O–H groups in total. The van der Waals surface area contributed by atoms with E-state index in [1.54, 1.807) is 14.2 Å². The highest BCUT2D eigenvalue weighted by Crippen LogP contribution is 2.40. The number of ether oxygens (including phenoxy) is 2. The molecule has 0 unspecified atom stereocenters. The lowest BCUT2D eigenvalue weighted by atomic mass is 9.74. The summed E-state index contributed by atoms with van der Waals surface area (Å²) in [5.74, 6) is 1.87. The first-order valence-electron chi connectivity index (χ1n) is 7.25. The molecule has 3 rings (SSSR count). The Balaban J connectivity index is 1.95. The van der Waals surface area contributed by atoms with Gasteiger partial charge < -0.3 is 14.8 Å². The van der Waals surface area contributed by atoms with Gasteiger partial charge in [-0.05, 0) is 30.9 Å². The molecule has 0 saturated heterocycles. The average molecular weight is 261 g/mol. The summed E-state index contributed by atoms with van der Waals surface area (Å²) >= 11 is 0. The van der Waals surface area contributed by atoms with Crippen molar-refractivity contribution >= 4 is 0 Å². The maximum Gasteiger partial charge on any atom is 0.126 e. The molecular weight excluding hydrogens is 238 g/mol. The van der Waals surface area contributed by atoms with E-state index in [4.69, 9.17) is 9.47 Å². The molecule has 104 valence electrons. The molecule has 1 aromatic rings. The Morgan fingerprint density at radius 1 is 1.05 bits per heavy atom. The zero-order valence-corrected chi connectivity index (χ0v) is 11.9. The average Bonchev–Trinajstić information content (AvgIpc) is 2.47. The number of hydrogen-bond donors (Lipinski definition) is 1. The summed E-state index contributed by atoms with van der Waals surface area (Å²) in [5.41, 5.74) is 3.02. The van der Waals surface area contributed by atoms with Gasteiger partial charge in [-0.15, -0.1) is 0 Å². The highest BCUT2D eigenvalue weighted by Gasteiger charge is 2.36. The summed E-state index contributed by atoms with van der Waals surface area (Å²) in [4.78, 5) is 0. The molecule has 19 heavy (non-hydrogen) atoms. The SMILES string of the molecule is COc1cc2c(c(OC)c1)CC1(CCCCC1)NC2. The molecule has 0 radical (unpaired) electrons. The van der Waals surface area contributed by atoms with Crippen LogP contribution in [0, 0.1) is 0 Å². The fourth-order valence-corrected chi connectivity index (χ4v) is 3.60. The third-order valence-corrected chi connectivity index (χ3v) is 4.71. The second kappa shape index (κ2) is 5.04. The molecule has 1 fully saturated rings. The molecule has 1 spiro atoms. The number of methoxy groups -OCH3 is 2. The second-order valence-electron chi connectivity index (χ2n) is 5.84. The highest BCUT2D eigenvalue weighted by molar-refractivity contribution is 5.49. The fourth-order valence-electron chi connectivity index (χ4n) is 3.60. The Morgan fingerprint density at radius 2 is 1.84 bits per heavy atom. The van der Waals surface area contributed by atoms with E-state index in [1.165, 1.54) is 43.2 Å². The summed E-state index contributed by atoms with van der Waals surface area (Å²) in [5, 5.41) is 3.78. The van der Waals surface area contributed by atoms with Crippen LogP contribution in [0.25, 0.3) is 0 Å². The standard InChI is InChI=1S/C16H23NO2/c1-18-13-8-12-11-17-16(6-4-3-5-7-16)10-14(12)15(9-13)19-2/h8-9,17H,3-7,10-11H2,1-2H3. The van der Waals surface area contributed by atoms with Crippen LogP contribution >= 0.6 is 0 Å². The van der Waals surface area contributed by atoms with Crippen molar-refractivity contribution in [2.45, 2.75) is 50.6 Å². The van der Waals surface area contributed by atoms with E-state index in [0.29, 0.717) is 5.54 Å². The maximum atomic E-state index is 5.58. The first kappa shape index (κ1) is 12.8. The van der Waals surface area contributed by atoms with Gasteiger partial charge in [-0.3, -0.25) is 0 Å². The Hall–Kier alpha value is -1.22. The Labute approximate surface area is 115 Å². The molecule has 0 atom stereocenters. The lowest BCUT2D eigenvalue weighted by Crippen LogP contribution is -2.51. The molecule has 1 aromatic carbocycles. The lowest BCUT2D eigenvalue weighted by Gasteiger charge is -2.42. The van der Waals surface area contributed by atoms with Gasteiger partial charge in [0.1, 0.15) is 11.5 Å². The van der Waals surface area contributed by atoms with Crippen LogP contribution < -0.4 is 14.8 Å². The van der Waals surface area contributed by atoms with Gasteiger partial charge in [0.15, 0.2) is 0 Å². The molecule has 1 heterocycles. The zero-order chi connectivity index (χ0) is 13.3. The number of rotatable bonds is 2. The van der Waals surface area contributed by atoms with Crippen LogP contribution in [0.4, 0.5) is 0 Å². The van der Waals surface area contributed by atoms with Gasteiger partial charge in [0.05, 0.1) is 14.2 Å². The topological polar surface area (TPSA) is 30.5 Å². The maximum absolute atomic E-state index is 5.58. The Bertz CT molecular complexity index is 447. The monoisotopic (exact) mass is 261 g/mol. The molecule has 0 aromatic heterocycles. The van der Waals surface area contributed by atoms with Crippen molar-refractivity contribution < 1.29 is 9.47 Å². The largest absolute Gasteiger partial charge is 0.497 e. The summed E-state index contributed by atoms with van der Waals surface area (Å²) in [6.07, 6.45) is 7.76. The third-order valence-electron chi connectivity index (χ3n) is 4.71. The summed E-state index contributed by atoms with van der Waals surface area (Å²) in [6.45, 7) is 0.933. The van der Waals surface area contributed by atoms with Gasteiger partial charge in [-0.1, -0.05) is 19.3 Å². The zero-order valence-electron chi connectivity index (χ0n) is 11.9. The van der Waals surface area contributed by atoms with E-state index in [-0.39, 0.29) is 0 Å². The van der Waals surface area contributed by atoms with Gasteiger partial charge in [0.2, 0.25) is 0 Å². The lowest BCUT2D eigenvalue weighted by molar-refractivity contribution is 0.212. The van der Waals surface area contributed by atoms with E-state index in [9.17, 15) is 0 Å². The Kier molecular flexibility index (Phi) is 3.40.